The highest BCUT2D eigenvalue weighted by atomic mass is 79.9. The molecule has 0 aliphatic carbocycles. The molecule has 0 aliphatic heterocycles. The minimum absolute atomic E-state index is 0.00680. The maximum atomic E-state index is 9.88. The molecular weight excluding hydrogens is 310 g/mol. The third kappa shape index (κ3) is 4.53. The fourth-order valence-electron chi connectivity index (χ4n) is 1.67. The Bertz CT molecular complexity index is 435. The Hall–Kier alpha value is -1.04. The molecule has 5 heteroatoms. The average Bonchev–Trinajstić information content (AvgIpc) is 2.43. The Kier molecular flexibility index (Phi) is 6.91. The van der Waals surface area contributed by atoms with Crippen molar-refractivity contribution >= 4 is 15.9 Å². The molecule has 0 radical (unpaired) electrons. The highest BCUT2D eigenvalue weighted by molar-refractivity contribution is 9.10. The number of aromatic hydroxyl groups is 1. The summed E-state index contributed by atoms with van der Waals surface area (Å²) in [6.07, 6.45) is 4.74. The maximum Gasteiger partial charge on any atom is 0.172 e. The van der Waals surface area contributed by atoms with Crippen LogP contribution in [0.15, 0.2) is 28.8 Å². The number of hydrogen-bond donors (Lipinski definition) is 3. The third-order valence-corrected chi connectivity index (χ3v) is 3.72. The zero-order chi connectivity index (χ0) is 14.3. The van der Waals surface area contributed by atoms with Gasteiger partial charge in [0.1, 0.15) is 0 Å². The molecule has 1 aromatic carbocycles. The van der Waals surface area contributed by atoms with Gasteiger partial charge in [0.15, 0.2) is 11.5 Å². The van der Waals surface area contributed by atoms with E-state index in [0.717, 1.165) is 12.0 Å². The van der Waals surface area contributed by atoms with E-state index in [0.29, 0.717) is 16.8 Å². The summed E-state index contributed by atoms with van der Waals surface area (Å²) in [5, 5.41) is 22.4. The van der Waals surface area contributed by atoms with Crippen molar-refractivity contribution < 1.29 is 14.9 Å². The van der Waals surface area contributed by atoms with Crippen molar-refractivity contribution in [1.82, 2.24) is 5.32 Å². The van der Waals surface area contributed by atoms with Gasteiger partial charge in [0.05, 0.1) is 18.2 Å². The first-order valence-electron chi connectivity index (χ1n) is 6.13. The fourth-order valence-corrected chi connectivity index (χ4v) is 2.13. The Labute approximate surface area is 122 Å². The Morgan fingerprint density at radius 1 is 1.47 bits per heavy atom. The van der Waals surface area contributed by atoms with E-state index in [2.05, 4.69) is 21.2 Å². The molecule has 4 nitrogen and oxygen atoms in total. The number of allylic oxidation sites excluding steroid dienone is 1. The number of ether oxygens (including phenoxy) is 1. The molecule has 3 N–H and O–H groups in total. The Morgan fingerprint density at radius 3 is 2.79 bits per heavy atom. The lowest BCUT2D eigenvalue weighted by molar-refractivity contribution is 0.242. The van der Waals surface area contributed by atoms with Crippen molar-refractivity contribution in [3.63, 3.8) is 0 Å². The molecular formula is C14H20BrNO3. The smallest absolute Gasteiger partial charge is 0.172 e. The van der Waals surface area contributed by atoms with Gasteiger partial charge in [0, 0.05) is 12.6 Å². The summed E-state index contributed by atoms with van der Waals surface area (Å²) in [6, 6.07) is 3.60. The van der Waals surface area contributed by atoms with E-state index in [1.807, 2.05) is 25.1 Å². The van der Waals surface area contributed by atoms with Crippen LogP contribution in [-0.2, 0) is 6.54 Å². The molecule has 0 saturated heterocycles. The summed E-state index contributed by atoms with van der Waals surface area (Å²) < 4.78 is 5.64. The van der Waals surface area contributed by atoms with Gasteiger partial charge >= 0.3 is 0 Å². The number of phenolic OH excluding ortho intramolecular Hbond substituents is 1. The average molecular weight is 330 g/mol. The van der Waals surface area contributed by atoms with E-state index in [1.54, 1.807) is 6.07 Å². The molecule has 0 heterocycles. The molecule has 0 bridgehead atoms. The number of phenols is 1. The van der Waals surface area contributed by atoms with Crippen LogP contribution in [0.25, 0.3) is 0 Å². The van der Waals surface area contributed by atoms with Gasteiger partial charge in [-0.25, -0.2) is 0 Å². The minimum Gasteiger partial charge on any atom is -0.503 e. The predicted octanol–water partition coefficient (Wildman–Crippen LogP) is 2.58. The number of benzene rings is 1. The third-order valence-electron chi connectivity index (χ3n) is 2.84. The number of hydrogen-bond acceptors (Lipinski definition) is 4. The summed E-state index contributed by atoms with van der Waals surface area (Å²) in [5.41, 5.74) is 0.914. The fraction of sp³-hybridized carbons (Fsp3) is 0.429. The van der Waals surface area contributed by atoms with E-state index in [-0.39, 0.29) is 18.4 Å². The van der Waals surface area contributed by atoms with Gasteiger partial charge in [-0.2, -0.15) is 0 Å². The Morgan fingerprint density at radius 2 is 2.21 bits per heavy atom. The molecule has 19 heavy (non-hydrogen) atoms. The zero-order valence-corrected chi connectivity index (χ0v) is 12.8. The van der Waals surface area contributed by atoms with Gasteiger partial charge in [-0.3, -0.25) is 0 Å². The molecule has 0 aliphatic rings. The normalized spacial score (nSPS) is 12.8. The van der Waals surface area contributed by atoms with Crippen LogP contribution in [0.2, 0.25) is 0 Å². The predicted molar refractivity (Wildman–Crippen MR) is 79.5 cm³/mol. The van der Waals surface area contributed by atoms with Crippen LogP contribution in [0.4, 0.5) is 0 Å². The summed E-state index contributed by atoms with van der Waals surface area (Å²) in [4.78, 5) is 0. The molecule has 1 unspecified atom stereocenters. The van der Waals surface area contributed by atoms with E-state index < -0.39 is 0 Å². The van der Waals surface area contributed by atoms with E-state index in [4.69, 9.17) is 4.74 Å². The van der Waals surface area contributed by atoms with Crippen LogP contribution in [0.5, 0.6) is 11.5 Å². The van der Waals surface area contributed by atoms with Gasteiger partial charge < -0.3 is 20.3 Å². The molecule has 0 fully saturated rings. The number of aliphatic hydroxyl groups excluding tert-OH is 1. The lowest BCUT2D eigenvalue weighted by atomic mass is 10.1. The first-order chi connectivity index (χ1) is 9.13. The molecule has 1 aromatic rings. The van der Waals surface area contributed by atoms with Crippen LogP contribution in [0.1, 0.15) is 18.9 Å². The van der Waals surface area contributed by atoms with E-state index >= 15 is 0 Å². The summed E-state index contributed by atoms with van der Waals surface area (Å²) in [6.45, 7) is 2.58. The van der Waals surface area contributed by atoms with Crippen LogP contribution in [0.3, 0.4) is 0 Å². The SMILES string of the molecule is C/C=C/CC(CO)NCc1ccc(OC)c(O)c1Br. The van der Waals surface area contributed by atoms with Gasteiger partial charge in [-0.15, -0.1) is 0 Å². The molecule has 1 rings (SSSR count). The monoisotopic (exact) mass is 329 g/mol. The standard InChI is InChI=1S/C14H20BrNO3/c1-3-4-5-11(9-17)16-8-10-6-7-12(19-2)14(18)13(10)15/h3-4,6-7,11,16-18H,5,8-9H2,1-2H3/b4-3+. The molecule has 0 spiro atoms. The van der Waals surface area contributed by atoms with Crippen molar-refractivity contribution in [3.8, 4) is 11.5 Å². The first-order valence-corrected chi connectivity index (χ1v) is 6.93. The Balaban J connectivity index is 2.69. The summed E-state index contributed by atoms with van der Waals surface area (Å²) in [7, 11) is 1.51. The second kappa shape index (κ2) is 8.19. The molecule has 1 atom stereocenters. The second-order valence-corrected chi connectivity index (χ2v) is 4.95. The first kappa shape index (κ1) is 16.0. The van der Waals surface area contributed by atoms with Crippen LogP contribution in [-0.4, -0.2) is 30.0 Å². The van der Waals surface area contributed by atoms with Gasteiger partial charge in [-0.1, -0.05) is 18.2 Å². The lowest BCUT2D eigenvalue weighted by Gasteiger charge is -2.16. The topological polar surface area (TPSA) is 61.7 Å². The van der Waals surface area contributed by atoms with Crippen LogP contribution < -0.4 is 10.1 Å². The molecule has 0 saturated carbocycles. The maximum absolute atomic E-state index is 9.88. The van der Waals surface area contributed by atoms with Crippen LogP contribution in [0, 0.1) is 0 Å². The van der Waals surface area contributed by atoms with E-state index in [1.165, 1.54) is 7.11 Å². The highest BCUT2D eigenvalue weighted by Gasteiger charge is 2.12. The van der Waals surface area contributed by atoms with Crippen molar-refractivity contribution in [2.75, 3.05) is 13.7 Å². The van der Waals surface area contributed by atoms with Gasteiger partial charge in [0.25, 0.3) is 0 Å². The quantitative estimate of drug-likeness (QED) is 0.673. The second-order valence-electron chi connectivity index (χ2n) is 4.15. The van der Waals surface area contributed by atoms with Crippen molar-refractivity contribution in [2.24, 2.45) is 0 Å². The number of aliphatic hydroxyl groups is 1. The lowest BCUT2D eigenvalue weighted by Crippen LogP contribution is -2.31. The van der Waals surface area contributed by atoms with Crippen molar-refractivity contribution in [3.05, 3.63) is 34.3 Å². The zero-order valence-electron chi connectivity index (χ0n) is 11.2. The van der Waals surface area contributed by atoms with Crippen LogP contribution >= 0.6 is 15.9 Å². The number of nitrogens with one attached hydrogen (secondary N) is 1. The molecule has 0 aromatic heterocycles. The molecule has 0 amide bonds. The summed E-state index contributed by atoms with van der Waals surface area (Å²) >= 11 is 3.35. The largest absolute Gasteiger partial charge is 0.503 e. The van der Waals surface area contributed by atoms with Crippen molar-refractivity contribution in [1.29, 1.82) is 0 Å². The number of rotatable bonds is 7. The van der Waals surface area contributed by atoms with Gasteiger partial charge in [-0.05, 0) is 40.9 Å². The number of halogens is 1. The molecule has 106 valence electrons. The minimum atomic E-state index is 0.00680. The van der Waals surface area contributed by atoms with E-state index in [9.17, 15) is 10.2 Å². The van der Waals surface area contributed by atoms with Gasteiger partial charge in [0.2, 0.25) is 0 Å². The van der Waals surface area contributed by atoms with Crippen molar-refractivity contribution in [2.45, 2.75) is 25.9 Å². The number of methoxy groups -OCH3 is 1. The highest BCUT2D eigenvalue weighted by Crippen LogP contribution is 2.36. The summed E-state index contributed by atoms with van der Waals surface area (Å²) in [5.74, 6) is 0.527.